The number of carbonyl (C=O) groups excluding carboxylic acids is 1. The van der Waals surface area contributed by atoms with Crippen LogP contribution in [0.3, 0.4) is 0 Å². The van der Waals surface area contributed by atoms with Gasteiger partial charge in [0.05, 0.1) is 12.2 Å². The Hall–Kier alpha value is -1.69. The van der Waals surface area contributed by atoms with E-state index in [1.54, 1.807) is 6.20 Å². The first-order valence-corrected chi connectivity index (χ1v) is 5.36. The molecule has 0 aromatic carbocycles. The molecule has 16 heavy (non-hydrogen) atoms. The Morgan fingerprint density at radius 1 is 1.62 bits per heavy atom. The first-order chi connectivity index (χ1) is 7.68. The number of nitrogens with one attached hydrogen (secondary N) is 1. The van der Waals surface area contributed by atoms with Crippen LogP contribution in [0.1, 0.15) is 5.69 Å². The lowest BCUT2D eigenvalue weighted by Crippen LogP contribution is -2.48. The lowest BCUT2D eigenvalue weighted by molar-refractivity contribution is -0.120. The molecule has 3 N–H and O–H groups in total. The van der Waals surface area contributed by atoms with E-state index < -0.39 is 0 Å². The molecular formula is C10H12N4OS. The third-order valence-corrected chi connectivity index (χ3v) is 2.59. The third kappa shape index (κ3) is 2.11. The number of nitrogens with two attached hydrogens (primary N) is 1. The number of aromatic nitrogens is 1. The predicted molar refractivity (Wildman–Crippen MR) is 65.3 cm³/mol. The van der Waals surface area contributed by atoms with Gasteiger partial charge in [0.15, 0.2) is 0 Å². The van der Waals surface area contributed by atoms with Crippen LogP contribution in [-0.4, -0.2) is 35.5 Å². The van der Waals surface area contributed by atoms with Crippen LogP contribution in [0.2, 0.25) is 0 Å². The van der Waals surface area contributed by atoms with Gasteiger partial charge in [-0.05, 0) is 12.1 Å². The minimum Gasteiger partial charge on any atom is -0.388 e. The molecule has 1 aromatic rings. The summed E-state index contributed by atoms with van der Waals surface area (Å²) in [4.78, 5) is 17.6. The van der Waals surface area contributed by atoms with E-state index in [4.69, 9.17) is 18.0 Å². The van der Waals surface area contributed by atoms with Gasteiger partial charge in [-0.2, -0.15) is 0 Å². The topological polar surface area (TPSA) is 71.2 Å². The number of amides is 1. The first-order valence-electron chi connectivity index (χ1n) is 4.95. The van der Waals surface area contributed by atoms with Gasteiger partial charge in [0, 0.05) is 19.3 Å². The highest BCUT2D eigenvalue weighted by Crippen LogP contribution is 2.18. The van der Waals surface area contributed by atoms with Gasteiger partial charge in [0.1, 0.15) is 10.7 Å². The molecule has 0 atom stereocenters. The normalized spacial score (nSPS) is 15.8. The van der Waals surface area contributed by atoms with Crippen LogP contribution in [0.15, 0.2) is 18.3 Å². The summed E-state index contributed by atoms with van der Waals surface area (Å²) in [7, 11) is 0. The van der Waals surface area contributed by atoms with Crippen LogP contribution in [0, 0.1) is 0 Å². The van der Waals surface area contributed by atoms with Crippen molar-refractivity contribution in [2.75, 3.05) is 24.5 Å². The highest BCUT2D eigenvalue weighted by Gasteiger charge is 2.19. The van der Waals surface area contributed by atoms with Gasteiger partial charge in [-0.1, -0.05) is 12.2 Å². The molecule has 0 bridgehead atoms. The van der Waals surface area contributed by atoms with Crippen molar-refractivity contribution in [2.24, 2.45) is 5.73 Å². The van der Waals surface area contributed by atoms with E-state index in [-0.39, 0.29) is 10.9 Å². The number of pyridine rings is 1. The molecule has 0 spiro atoms. The second-order valence-electron chi connectivity index (χ2n) is 3.51. The summed E-state index contributed by atoms with van der Waals surface area (Å²) in [6.07, 6.45) is 1.64. The summed E-state index contributed by atoms with van der Waals surface area (Å²) in [5, 5.41) is 2.77. The van der Waals surface area contributed by atoms with Gasteiger partial charge in [-0.25, -0.2) is 0 Å². The number of piperazine rings is 1. The maximum atomic E-state index is 11.3. The maximum absolute atomic E-state index is 11.3. The van der Waals surface area contributed by atoms with Gasteiger partial charge < -0.3 is 16.0 Å². The Bertz CT molecular complexity index is 435. The van der Waals surface area contributed by atoms with Crippen molar-refractivity contribution in [2.45, 2.75) is 0 Å². The Balaban J connectivity index is 2.32. The largest absolute Gasteiger partial charge is 0.388 e. The number of anilines is 1. The smallest absolute Gasteiger partial charge is 0.239 e. The van der Waals surface area contributed by atoms with Crippen molar-refractivity contribution in [3.63, 3.8) is 0 Å². The lowest BCUT2D eigenvalue weighted by Gasteiger charge is -2.29. The molecule has 0 saturated carbocycles. The first kappa shape index (κ1) is 10.8. The Kier molecular flexibility index (Phi) is 3.00. The van der Waals surface area contributed by atoms with Crippen LogP contribution in [0.4, 0.5) is 5.69 Å². The second kappa shape index (κ2) is 4.44. The Morgan fingerprint density at radius 2 is 2.44 bits per heavy atom. The molecule has 1 aromatic heterocycles. The fraction of sp³-hybridized carbons (Fsp3) is 0.300. The summed E-state index contributed by atoms with van der Waals surface area (Å²) in [6.45, 7) is 1.69. The monoisotopic (exact) mass is 236 g/mol. The molecule has 0 unspecified atom stereocenters. The average Bonchev–Trinajstić information content (AvgIpc) is 2.29. The molecule has 2 rings (SSSR count). The molecule has 0 radical (unpaired) electrons. The quantitative estimate of drug-likeness (QED) is 0.687. The molecule has 2 heterocycles. The predicted octanol–water partition coefficient (Wildman–Crippen LogP) is -0.348. The molecule has 5 nitrogen and oxygen atoms in total. The number of rotatable bonds is 2. The molecule has 84 valence electrons. The fourth-order valence-electron chi connectivity index (χ4n) is 1.69. The van der Waals surface area contributed by atoms with Gasteiger partial charge in [0.2, 0.25) is 5.91 Å². The van der Waals surface area contributed by atoms with E-state index in [2.05, 4.69) is 10.3 Å². The molecular weight excluding hydrogens is 224 g/mol. The summed E-state index contributed by atoms with van der Waals surface area (Å²) >= 11 is 4.94. The molecule has 6 heteroatoms. The third-order valence-electron chi connectivity index (χ3n) is 2.40. The van der Waals surface area contributed by atoms with Gasteiger partial charge in [-0.15, -0.1) is 0 Å². The SMILES string of the molecule is NC(=S)c1ncccc1N1CCNC(=O)C1. The van der Waals surface area contributed by atoms with Gasteiger partial charge in [0.25, 0.3) is 0 Å². The van der Waals surface area contributed by atoms with Crippen LogP contribution in [0.5, 0.6) is 0 Å². The standard InChI is InChI=1S/C10H12N4OS/c11-10(16)9-7(2-1-3-13-9)14-5-4-12-8(15)6-14/h1-3H,4-6H2,(H2,11,16)(H,12,15). The zero-order chi connectivity index (χ0) is 11.5. The van der Waals surface area contributed by atoms with Crippen molar-refractivity contribution >= 4 is 28.8 Å². The fourth-order valence-corrected chi connectivity index (χ4v) is 1.84. The van der Waals surface area contributed by atoms with Gasteiger partial charge in [-0.3, -0.25) is 9.78 Å². The Morgan fingerprint density at radius 3 is 3.12 bits per heavy atom. The average molecular weight is 236 g/mol. The summed E-state index contributed by atoms with van der Waals surface area (Å²) in [5.74, 6) is 0.00370. The van der Waals surface area contributed by atoms with Crippen LogP contribution < -0.4 is 16.0 Å². The number of nitrogens with zero attached hydrogens (tertiary/aromatic N) is 2. The van der Waals surface area contributed by atoms with E-state index in [1.807, 2.05) is 17.0 Å². The van der Waals surface area contributed by atoms with Crippen LogP contribution in [0.25, 0.3) is 0 Å². The lowest BCUT2D eigenvalue weighted by atomic mass is 10.2. The number of thiocarbonyl (C=S) groups is 1. The van der Waals surface area contributed by atoms with E-state index in [0.717, 1.165) is 12.2 Å². The number of carbonyl (C=O) groups is 1. The summed E-state index contributed by atoms with van der Waals surface area (Å²) in [6, 6.07) is 3.68. The minimum atomic E-state index is 0.00370. The molecule has 1 aliphatic rings. The molecule has 1 saturated heterocycles. The van der Waals surface area contributed by atoms with Crippen LogP contribution in [-0.2, 0) is 4.79 Å². The van der Waals surface area contributed by atoms with E-state index in [0.29, 0.717) is 18.8 Å². The minimum absolute atomic E-state index is 0.00370. The number of hydrogen-bond donors (Lipinski definition) is 2. The Labute approximate surface area is 98.6 Å². The zero-order valence-electron chi connectivity index (χ0n) is 8.64. The molecule has 1 amide bonds. The van der Waals surface area contributed by atoms with Crippen molar-refractivity contribution in [3.05, 3.63) is 24.0 Å². The van der Waals surface area contributed by atoms with E-state index >= 15 is 0 Å². The second-order valence-corrected chi connectivity index (χ2v) is 3.95. The summed E-state index contributed by atoms with van der Waals surface area (Å²) < 4.78 is 0. The maximum Gasteiger partial charge on any atom is 0.239 e. The molecule has 0 aliphatic carbocycles. The molecule has 1 fully saturated rings. The van der Waals surface area contributed by atoms with Crippen molar-refractivity contribution in [1.82, 2.24) is 10.3 Å². The number of hydrogen-bond acceptors (Lipinski definition) is 4. The van der Waals surface area contributed by atoms with Crippen LogP contribution >= 0.6 is 12.2 Å². The van der Waals surface area contributed by atoms with E-state index in [9.17, 15) is 4.79 Å². The summed E-state index contributed by atoms with van der Waals surface area (Å²) in [5.41, 5.74) is 7.00. The van der Waals surface area contributed by atoms with E-state index in [1.165, 1.54) is 0 Å². The van der Waals surface area contributed by atoms with Crippen molar-refractivity contribution in [1.29, 1.82) is 0 Å². The highest BCUT2D eigenvalue weighted by atomic mass is 32.1. The highest BCUT2D eigenvalue weighted by molar-refractivity contribution is 7.80. The van der Waals surface area contributed by atoms with Crippen molar-refractivity contribution < 1.29 is 4.79 Å². The molecule has 1 aliphatic heterocycles. The van der Waals surface area contributed by atoms with Crippen molar-refractivity contribution in [3.8, 4) is 0 Å². The zero-order valence-corrected chi connectivity index (χ0v) is 9.46. The van der Waals surface area contributed by atoms with Gasteiger partial charge >= 0.3 is 0 Å².